The first-order valence-electron chi connectivity index (χ1n) is 7.94. The summed E-state index contributed by atoms with van der Waals surface area (Å²) < 4.78 is 32.0. The first-order valence-corrected chi connectivity index (χ1v) is 7.94. The van der Waals surface area contributed by atoms with Crippen molar-refractivity contribution in [2.24, 2.45) is 10.9 Å². The Kier molecular flexibility index (Phi) is 6.33. The van der Waals surface area contributed by atoms with E-state index in [0.717, 1.165) is 38.1 Å². The molecule has 0 saturated carbocycles. The maximum Gasteiger partial charge on any atom is 0.193 e. The number of hydrogen-bond donors (Lipinski definition) is 1. The fraction of sp³-hybridized carbons (Fsp3) is 0.588. The minimum Gasteiger partial charge on any atom is -0.384 e. The van der Waals surface area contributed by atoms with Crippen molar-refractivity contribution in [3.8, 4) is 0 Å². The number of hydrogen-bond acceptors (Lipinski definition) is 2. The molecular formula is C17H25F2N3O. The van der Waals surface area contributed by atoms with E-state index >= 15 is 0 Å². The Morgan fingerprint density at radius 2 is 2.26 bits per heavy atom. The topological polar surface area (TPSA) is 36.9 Å². The molecule has 6 heteroatoms. The molecule has 23 heavy (non-hydrogen) atoms. The zero-order chi connectivity index (χ0) is 16.8. The van der Waals surface area contributed by atoms with Crippen LogP contribution in [0.2, 0.25) is 0 Å². The average Bonchev–Trinajstić information content (AvgIpc) is 2.96. The second kappa shape index (κ2) is 8.24. The Labute approximate surface area is 136 Å². The molecule has 2 unspecified atom stereocenters. The lowest BCUT2D eigenvalue weighted by molar-refractivity contribution is 0.157. The van der Waals surface area contributed by atoms with Gasteiger partial charge < -0.3 is 15.0 Å². The van der Waals surface area contributed by atoms with Crippen molar-refractivity contribution < 1.29 is 13.5 Å². The van der Waals surface area contributed by atoms with Crippen LogP contribution < -0.4 is 5.32 Å². The van der Waals surface area contributed by atoms with E-state index in [1.807, 2.05) is 6.92 Å². The molecule has 0 aromatic heterocycles. The third-order valence-electron chi connectivity index (χ3n) is 4.26. The summed E-state index contributed by atoms with van der Waals surface area (Å²) in [6.07, 6.45) is 1.08. The van der Waals surface area contributed by atoms with E-state index in [9.17, 15) is 8.78 Å². The van der Waals surface area contributed by atoms with Crippen LogP contribution in [0.15, 0.2) is 23.2 Å². The SMILES string of the molecule is CN=C(NCC(C)c1ccc(F)cc1F)N1CCC(COC)C1. The summed E-state index contributed by atoms with van der Waals surface area (Å²) in [5.74, 6) is 0.201. The zero-order valence-electron chi connectivity index (χ0n) is 14.0. The molecule has 1 aliphatic heterocycles. The number of benzene rings is 1. The highest BCUT2D eigenvalue weighted by atomic mass is 19.1. The lowest BCUT2D eigenvalue weighted by Gasteiger charge is -2.23. The number of rotatable bonds is 5. The van der Waals surface area contributed by atoms with Gasteiger partial charge in [-0.15, -0.1) is 0 Å². The number of guanidine groups is 1. The molecule has 0 bridgehead atoms. The number of methoxy groups -OCH3 is 1. The van der Waals surface area contributed by atoms with Gasteiger partial charge in [0.05, 0.1) is 6.61 Å². The number of likely N-dealkylation sites (tertiary alicyclic amines) is 1. The number of nitrogens with one attached hydrogen (secondary N) is 1. The average molecular weight is 325 g/mol. The summed E-state index contributed by atoms with van der Waals surface area (Å²) in [6.45, 7) is 5.06. The molecule has 1 aromatic carbocycles. The fourth-order valence-corrected chi connectivity index (χ4v) is 2.98. The largest absolute Gasteiger partial charge is 0.384 e. The van der Waals surface area contributed by atoms with Crippen LogP contribution in [0.1, 0.15) is 24.8 Å². The molecule has 1 saturated heterocycles. The van der Waals surface area contributed by atoms with E-state index in [0.29, 0.717) is 18.0 Å². The molecule has 1 N–H and O–H groups in total. The van der Waals surface area contributed by atoms with E-state index in [1.54, 1.807) is 14.2 Å². The Hall–Kier alpha value is -1.69. The van der Waals surface area contributed by atoms with Crippen molar-refractivity contribution in [2.45, 2.75) is 19.3 Å². The van der Waals surface area contributed by atoms with Crippen LogP contribution in [-0.2, 0) is 4.74 Å². The van der Waals surface area contributed by atoms with E-state index in [1.165, 1.54) is 12.1 Å². The third kappa shape index (κ3) is 4.64. The highest BCUT2D eigenvalue weighted by molar-refractivity contribution is 5.80. The van der Waals surface area contributed by atoms with Crippen molar-refractivity contribution in [3.63, 3.8) is 0 Å². The summed E-state index contributed by atoms with van der Waals surface area (Å²) in [5, 5.41) is 3.29. The number of aliphatic imine (C=N–C) groups is 1. The minimum absolute atomic E-state index is 0.0790. The van der Waals surface area contributed by atoms with Gasteiger partial charge in [-0.2, -0.15) is 0 Å². The quantitative estimate of drug-likeness (QED) is 0.668. The first kappa shape index (κ1) is 17.7. The highest BCUT2D eigenvalue weighted by Crippen LogP contribution is 2.20. The molecule has 1 heterocycles. The molecular weight excluding hydrogens is 300 g/mol. The summed E-state index contributed by atoms with van der Waals surface area (Å²) in [4.78, 5) is 6.50. The van der Waals surface area contributed by atoms with E-state index in [4.69, 9.17) is 4.74 Å². The maximum atomic E-state index is 13.8. The molecule has 1 aromatic rings. The predicted octanol–water partition coefficient (Wildman–Crippen LogP) is 2.61. The van der Waals surface area contributed by atoms with Crippen LogP contribution in [-0.4, -0.2) is 51.3 Å². The third-order valence-corrected chi connectivity index (χ3v) is 4.26. The number of nitrogens with zero attached hydrogens (tertiary/aromatic N) is 2. The van der Waals surface area contributed by atoms with Crippen LogP contribution in [0, 0.1) is 17.6 Å². The van der Waals surface area contributed by atoms with Crippen LogP contribution in [0.5, 0.6) is 0 Å². The van der Waals surface area contributed by atoms with Crippen molar-refractivity contribution in [1.29, 1.82) is 0 Å². The molecule has 2 atom stereocenters. The van der Waals surface area contributed by atoms with Gasteiger partial charge >= 0.3 is 0 Å². The van der Waals surface area contributed by atoms with Gasteiger partial charge in [0, 0.05) is 51.7 Å². The van der Waals surface area contributed by atoms with Gasteiger partial charge in [-0.3, -0.25) is 4.99 Å². The maximum absolute atomic E-state index is 13.8. The molecule has 1 fully saturated rings. The Bertz CT molecular complexity index is 551. The smallest absolute Gasteiger partial charge is 0.193 e. The van der Waals surface area contributed by atoms with Gasteiger partial charge in [0.25, 0.3) is 0 Å². The van der Waals surface area contributed by atoms with Gasteiger partial charge in [0.2, 0.25) is 0 Å². The van der Waals surface area contributed by atoms with Gasteiger partial charge in [0.1, 0.15) is 11.6 Å². The molecule has 1 aliphatic rings. The summed E-state index contributed by atoms with van der Waals surface area (Å²) >= 11 is 0. The van der Waals surface area contributed by atoms with Crippen molar-refractivity contribution in [1.82, 2.24) is 10.2 Å². The summed E-state index contributed by atoms with van der Waals surface area (Å²) in [6, 6.07) is 3.72. The second-order valence-electron chi connectivity index (χ2n) is 6.05. The van der Waals surface area contributed by atoms with Crippen molar-refractivity contribution in [3.05, 3.63) is 35.4 Å². The Balaban J connectivity index is 1.90. The molecule has 0 spiro atoms. The molecule has 0 amide bonds. The first-order chi connectivity index (χ1) is 11.0. The summed E-state index contributed by atoms with van der Waals surface area (Å²) in [7, 11) is 3.46. The standard InChI is InChI=1S/C17H25F2N3O/c1-12(15-5-4-14(18)8-16(15)19)9-21-17(20-2)22-7-6-13(10-22)11-23-3/h4-5,8,12-13H,6-7,9-11H2,1-3H3,(H,20,21). The van der Waals surface area contributed by atoms with Gasteiger partial charge in [-0.25, -0.2) is 8.78 Å². The Morgan fingerprint density at radius 1 is 1.48 bits per heavy atom. The van der Waals surface area contributed by atoms with E-state index in [-0.39, 0.29) is 5.92 Å². The van der Waals surface area contributed by atoms with Gasteiger partial charge in [-0.1, -0.05) is 13.0 Å². The lowest BCUT2D eigenvalue weighted by Crippen LogP contribution is -2.41. The summed E-state index contributed by atoms with van der Waals surface area (Å²) in [5.41, 5.74) is 0.507. The van der Waals surface area contributed by atoms with Gasteiger partial charge in [0.15, 0.2) is 5.96 Å². The lowest BCUT2D eigenvalue weighted by atomic mass is 10.0. The minimum atomic E-state index is -0.552. The van der Waals surface area contributed by atoms with E-state index in [2.05, 4.69) is 15.2 Å². The second-order valence-corrected chi connectivity index (χ2v) is 6.05. The van der Waals surface area contributed by atoms with Crippen LogP contribution in [0.3, 0.4) is 0 Å². The number of halogens is 2. The highest BCUT2D eigenvalue weighted by Gasteiger charge is 2.25. The van der Waals surface area contributed by atoms with Gasteiger partial charge in [-0.05, 0) is 18.1 Å². The molecule has 2 rings (SSSR count). The Morgan fingerprint density at radius 3 is 2.91 bits per heavy atom. The number of ether oxygens (including phenoxy) is 1. The fourth-order valence-electron chi connectivity index (χ4n) is 2.98. The van der Waals surface area contributed by atoms with Crippen molar-refractivity contribution >= 4 is 5.96 Å². The molecule has 128 valence electrons. The molecule has 4 nitrogen and oxygen atoms in total. The predicted molar refractivity (Wildman–Crippen MR) is 87.7 cm³/mol. The molecule has 0 radical (unpaired) electrons. The van der Waals surface area contributed by atoms with Crippen LogP contribution in [0.25, 0.3) is 0 Å². The van der Waals surface area contributed by atoms with Crippen LogP contribution in [0.4, 0.5) is 8.78 Å². The van der Waals surface area contributed by atoms with Crippen LogP contribution >= 0.6 is 0 Å². The monoisotopic (exact) mass is 325 g/mol. The zero-order valence-corrected chi connectivity index (χ0v) is 14.0. The van der Waals surface area contributed by atoms with Crippen molar-refractivity contribution in [2.75, 3.05) is 40.4 Å². The molecule has 0 aliphatic carbocycles. The normalized spacial score (nSPS) is 20.0. The van der Waals surface area contributed by atoms with E-state index < -0.39 is 11.6 Å².